The van der Waals surface area contributed by atoms with Crippen LogP contribution in [-0.2, 0) is 11.3 Å². The second-order valence-electron chi connectivity index (χ2n) is 6.38. The van der Waals surface area contributed by atoms with Crippen LogP contribution < -0.4 is 0 Å². The predicted octanol–water partition coefficient (Wildman–Crippen LogP) is 3.37. The molecule has 0 spiro atoms. The van der Waals surface area contributed by atoms with Crippen molar-refractivity contribution >= 4 is 6.09 Å². The molecule has 1 aromatic rings. The molecule has 0 N–H and O–H groups in total. The highest BCUT2D eigenvalue weighted by Crippen LogP contribution is 2.27. The Kier molecular flexibility index (Phi) is 5.83. The van der Waals surface area contributed by atoms with Gasteiger partial charge in [0.05, 0.1) is 6.61 Å². The van der Waals surface area contributed by atoms with Gasteiger partial charge >= 0.3 is 6.09 Å². The third-order valence-electron chi connectivity index (χ3n) is 4.67. The van der Waals surface area contributed by atoms with E-state index in [1.54, 1.807) is 0 Å². The van der Waals surface area contributed by atoms with Gasteiger partial charge in [-0.15, -0.1) is 0 Å². The molecule has 2 rings (SSSR count). The maximum Gasteiger partial charge on any atom is 0.410 e. The molecule has 122 valence electrons. The molecule has 3 unspecified atom stereocenters. The molecule has 0 aliphatic carbocycles. The molecule has 0 aromatic heterocycles. The van der Waals surface area contributed by atoms with E-state index in [1.165, 1.54) is 0 Å². The summed E-state index contributed by atoms with van der Waals surface area (Å²) in [6.07, 6.45) is 0.795. The Bertz CT molecular complexity index is 477. The Morgan fingerprint density at radius 3 is 2.64 bits per heavy atom. The minimum absolute atomic E-state index is 0.194. The van der Waals surface area contributed by atoms with Crippen molar-refractivity contribution < 1.29 is 9.53 Å². The summed E-state index contributed by atoms with van der Waals surface area (Å²) >= 11 is 0. The third-order valence-corrected chi connectivity index (χ3v) is 4.67. The van der Waals surface area contributed by atoms with Crippen molar-refractivity contribution in [1.82, 2.24) is 9.80 Å². The van der Waals surface area contributed by atoms with Gasteiger partial charge in [0.25, 0.3) is 0 Å². The van der Waals surface area contributed by atoms with Gasteiger partial charge in [0.1, 0.15) is 0 Å². The zero-order valence-corrected chi connectivity index (χ0v) is 14.2. The van der Waals surface area contributed by atoms with E-state index in [-0.39, 0.29) is 12.1 Å². The van der Waals surface area contributed by atoms with Crippen molar-refractivity contribution in [1.29, 1.82) is 0 Å². The van der Waals surface area contributed by atoms with Gasteiger partial charge in [0, 0.05) is 25.2 Å². The Morgan fingerprint density at radius 2 is 2.00 bits per heavy atom. The minimum Gasteiger partial charge on any atom is -0.450 e. The van der Waals surface area contributed by atoms with Gasteiger partial charge in [-0.25, -0.2) is 4.79 Å². The quantitative estimate of drug-likeness (QED) is 0.855. The molecule has 1 aliphatic rings. The molecule has 1 heterocycles. The lowest BCUT2D eigenvalue weighted by Gasteiger charge is -2.44. The standard InChI is InChI=1S/C18H28N2O2/c1-5-22-18(21)20(13-16-9-7-6-8-10-16)17-11-15(3)19(4)12-14(17)2/h6-10,14-15,17H,5,11-13H2,1-4H3. The van der Waals surface area contributed by atoms with E-state index < -0.39 is 0 Å². The van der Waals surface area contributed by atoms with Crippen LogP contribution in [0, 0.1) is 5.92 Å². The fourth-order valence-corrected chi connectivity index (χ4v) is 3.26. The average Bonchev–Trinajstić information content (AvgIpc) is 2.50. The zero-order chi connectivity index (χ0) is 16.1. The summed E-state index contributed by atoms with van der Waals surface area (Å²) in [6, 6.07) is 10.9. The number of amides is 1. The van der Waals surface area contributed by atoms with Gasteiger partial charge in [-0.1, -0.05) is 37.3 Å². The highest BCUT2D eigenvalue weighted by molar-refractivity contribution is 5.68. The first-order valence-corrected chi connectivity index (χ1v) is 8.20. The van der Waals surface area contributed by atoms with Gasteiger partial charge in [0.15, 0.2) is 0 Å². The highest BCUT2D eigenvalue weighted by Gasteiger charge is 2.35. The van der Waals surface area contributed by atoms with Gasteiger partial charge in [-0.3, -0.25) is 0 Å². The van der Waals surface area contributed by atoms with Crippen LogP contribution in [0.5, 0.6) is 0 Å². The second-order valence-corrected chi connectivity index (χ2v) is 6.38. The molecular weight excluding hydrogens is 276 g/mol. The first-order valence-electron chi connectivity index (χ1n) is 8.20. The fraction of sp³-hybridized carbons (Fsp3) is 0.611. The Balaban J connectivity index is 2.18. The number of benzene rings is 1. The van der Waals surface area contributed by atoms with Crippen molar-refractivity contribution in [3.63, 3.8) is 0 Å². The van der Waals surface area contributed by atoms with Crippen molar-refractivity contribution in [2.24, 2.45) is 5.92 Å². The van der Waals surface area contributed by atoms with E-state index in [0.717, 1.165) is 18.5 Å². The van der Waals surface area contributed by atoms with Crippen LogP contribution in [0.3, 0.4) is 0 Å². The first kappa shape index (κ1) is 16.8. The van der Waals surface area contributed by atoms with Gasteiger partial charge in [-0.2, -0.15) is 0 Å². The normalized spacial score (nSPS) is 25.7. The van der Waals surface area contributed by atoms with E-state index in [9.17, 15) is 4.79 Å². The molecule has 3 atom stereocenters. The second kappa shape index (κ2) is 7.63. The Labute approximate surface area is 134 Å². The molecule has 4 heteroatoms. The van der Waals surface area contributed by atoms with E-state index in [0.29, 0.717) is 25.1 Å². The lowest BCUT2D eigenvalue weighted by molar-refractivity contribution is 0.0295. The number of piperidine rings is 1. The predicted molar refractivity (Wildman–Crippen MR) is 88.7 cm³/mol. The molecule has 1 amide bonds. The highest BCUT2D eigenvalue weighted by atomic mass is 16.6. The van der Waals surface area contributed by atoms with E-state index >= 15 is 0 Å². The summed E-state index contributed by atoms with van der Waals surface area (Å²) in [7, 11) is 2.16. The third kappa shape index (κ3) is 4.01. The number of rotatable bonds is 4. The van der Waals surface area contributed by atoms with Gasteiger partial charge in [-0.05, 0) is 38.8 Å². The molecule has 0 radical (unpaired) electrons. The lowest BCUT2D eigenvalue weighted by atomic mass is 9.88. The molecule has 1 saturated heterocycles. The van der Waals surface area contributed by atoms with Crippen molar-refractivity contribution in [2.75, 3.05) is 20.2 Å². The largest absolute Gasteiger partial charge is 0.450 e. The first-order chi connectivity index (χ1) is 10.5. The number of hydrogen-bond donors (Lipinski definition) is 0. The molecule has 1 aliphatic heterocycles. The molecule has 1 aromatic carbocycles. The lowest BCUT2D eigenvalue weighted by Crippen LogP contribution is -2.53. The molecule has 1 fully saturated rings. The smallest absolute Gasteiger partial charge is 0.410 e. The van der Waals surface area contributed by atoms with Gasteiger partial charge < -0.3 is 14.5 Å². The summed E-state index contributed by atoms with van der Waals surface area (Å²) in [5.41, 5.74) is 1.15. The van der Waals surface area contributed by atoms with Crippen LogP contribution in [0.4, 0.5) is 4.79 Å². The van der Waals surface area contributed by atoms with Crippen molar-refractivity contribution in [2.45, 2.75) is 45.8 Å². The van der Waals surface area contributed by atoms with E-state index in [4.69, 9.17) is 4.74 Å². The number of carbonyl (C=O) groups is 1. The van der Waals surface area contributed by atoms with Crippen LogP contribution in [0.1, 0.15) is 32.8 Å². The monoisotopic (exact) mass is 304 g/mol. The molecule has 22 heavy (non-hydrogen) atoms. The van der Waals surface area contributed by atoms with Crippen LogP contribution in [0.25, 0.3) is 0 Å². The summed E-state index contributed by atoms with van der Waals surface area (Å²) in [5.74, 6) is 0.439. The van der Waals surface area contributed by atoms with Crippen LogP contribution in [-0.4, -0.2) is 48.2 Å². The van der Waals surface area contributed by atoms with Crippen LogP contribution in [0.15, 0.2) is 30.3 Å². The summed E-state index contributed by atoms with van der Waals surface area (Å²) in [4.78, 5) is 16.8. The minimum atomic E-state index is -0.194. The maximum absolute atomic E-state index is 12.5. The zero-order valence-electron chi connectivity index (χ0n) is 14.2. The number of likely N-dealkylation sites (tertiary alicyclic amines) is 1. The number of hydrogen-bond acceptors (Lipinski definition) is 3. The molecular formula is C18H28N2O2. The van der Waals surface area contributed by atoms with E-state index in [1.807, 2.05) is 30.0 Å². The number of carbonyl (C=O) groups excluding carboxylic acids is 1. The summed E-state index contributed by atoms with van der Waals surface area (Å²) in [6.45, 7) is 8.36. The van der Waals surface area contributed by atoms with E-state index in [2.05, 4.69) is 37.9 Å². The Hall–Kier alpha value is -1.55. The number of ether oxygens (including phenoxy) is 1. The SMILES string of the molecule is CCOC(=O)N(Cc1ccccc1)C1CC(C)N(C)CC1C. The summed E-state index contributed by atoms with van der Waals surface area (Å²) in [5, 5.41) is 0. The van der Waals surface area contributed by atoms with Crippen LogP contribution >= 0.6 is 0 Å². The van der Waals surface area contributed by atoms with Crippen molar-refractivity contribution in [3.8, 4) is 0 Å². The maximum atomic E-state index is 12.5. The average molecular weight is 304 g/mol. The fourth-order valence-electron chi connectivity index (χ4n) is 3.26. The molecule has 4 nitrogen and oxygen atoms in total. The van der Waals surface area contributed by atoms with Gasteiger partial charge in [0.2, 0.25) is 0 Å². The number of nitrogens with zero attached hydrogens (tertiary/aromatic N) is 2. The molecule has 0 saturated carbocycles. The topological polar surface area (TPSA) is 32.8 Å². The van der Waals surface area contributed by atoms with Crippen molar-refractivity contribution in [3.05, 3.63) is 35.9 Å². The summed E-state index contributed by atoms with van der Waals surface area (Å²) < 4.78 is 5.31. The Morgan fingerprint density at radius 1 is 1.32 bits per heavy atom. The molecule has 0 bridgehead atoms. The van der Waals surface area contributed by atoms with Crippen LogP contribution in [0.2, 0.25) is 0 Å².